The Morgan fingerprint density at radius 3 is 2.73 bits per heavy atom. The number of hydrogen-bond donors (Lipinski definition) is 2. The van der Waals surface area contributed by atoms with Crippen LogP contribution in [0.1, 0.15) is 6.92 Å². The zero-order valence-corrected chi connectivity index (χ0v) is 9.25. The summed E-state index contributed by atoms with van der Waals surface area (Å²) in [5, 5.41) is 3.73. The minimum absolute atomic E-state index is 0.0470. The third kappa shape index (κ3) is 2.49. The minimum atomic E-state index is -3.68. The highest BCUT2D eigenvalue weighted by Gasteiger charge is 2.21. The van der Waals surface area contributed by atoms with Gasteiger partial charge in [-0.1, -0.05) is 5.92 Å². The predicted octanol–water partition coefficient (Wildman–Crippen LogP) is -0.698. The third-order valence-electron chi connectivity index (χ3n) is 1.69. The van der Waals surface area contributed by atoms with Crippen molar-refractivity contribution in [2.24, 2.45) is 7.05 Å². The Balaban J connectivity index is 3.08. The van der Waals surface area contributed by atoms with Gasteiger partial charge in [0.15, 0.2) is 5.82 Å². The molecule has 0 spiro atoms. The van der Waals surface area contributed by atoms with E-state index in [0.29, 0.717) is 0 Å². The van der Waals surface area contributed by atoms with Gasteiger partial charge in [-0.25, -0.2) is 8.42 Å². The second-order valence-corrected chi connectivity index (χ2v) is 4.74. The highest BCUT2D eigenvalue weighted by atomic mass is 32.2. The number of hydrogen-bond acceptors (Lipinski definition) is 4. The maximum atomic E-state index is 11.7. The van der Waals surface area contributed by atoms with Gasteiger partial charge in [-0.05, 0) is 6.92 Å². The molecular weight excluding hydrogens is 216 g/mol. The van der Waals surface area contributed by atoms with E-state index in [1.54, 1.807) is 14.0 Å². The fourth-order valence-corrected chi connectivity index (χ4v) is 2.29. The van der Waals surface area contributed by atoms with Crippen LogP contribution in [-0.4, -0.2) is 24.2 Å². The second-order valence-electron chi connectivity index (χ2n) is 3.06. The molecule has 1 aromatic heterocycles. The van der Waals surface area contributed by atoms with Gasteiger partial charge in [0, 0.05) is 13.2 Å². The first-order chi connectivity index (χ1) is 6.86. The summed E-state index contributed by atoms with van der Waals surface area (Å²) >= 11 is 0. The van der Waals surface area contributed by atoms with E-state index in [-0.39, 0.29) is 10.7 Å². The van der Waals surface area contributed by atoms with Gasteiger partial charge in [0.1, 0.15) is 4.90 Å². The number of aryl methyl sites for hydroxylation is 1. The lowest BCUT2D eigenvalue weighted by molar-refractivity contribution is 0.578. The first-order valence-electron chi connectivity index (χ1n) is 4.14. The van der Waals surface area contributed by atoms with Crippen LogP contribution >= 0.6 is 0 Å². The van der Waals surface area contributed by atoms with Crippen LogP contribution in [0.25, 0.3) is 0 Å². The number of anilines is 1. The van der Waals surface area contributed by atoms with Gasteiger partial charge < -0.3 is 5.73 Å². The molecule has 0 bridgehead atoms. The number of rotatable bonds is 3. The Hall–Kier alpha value is -1.52. The molecule has 0 saturated carbocycles. The number of terminal acetylenes is 1. The van der Waals surface area contributed by atoms with Crippen LogP contribution in [0, 0.1) is 12.3 Å². The highest BCUT2D eigenvalue weighted by Crippen LogP contribution is 2.15. The molecule has 6 nitrogen and oxygen atoms in total. The van der Waals surface area contributed by atoms with Gasteiger partial charge in [0.05, 0.1) is 6.04 Å². The summed E-state index contributed by atoms with van der Waals surface area (Å²) in [6, 6.07) is -0.588. The molecule has 0 amide bonds. The molecule has 82 valence electrons. The quantitative estimate of drug-likeness (QED) is 0.669. The largest absolute Gasteiger partial charge is 0.381 e. The summed E-state index contributed by atoms with van der Waals surface area (Å²) in [5.41, 5.74) is 5.44. The van der Waals surface area contributed by atoms with Crippen LogP contribution in [0.15, 0.2) is 11.1 Å². The van der Waals surface area contributed by atoms with Crippen molar-refractivity contribution in [1.29, 1.82) is 0 Å². The van der Waals surface area contributed by atoms with Crippen molar-refractivity contribution in [3.05, 3.63) is 6.20 Å². The molecule has 0 aromatic carbocycles. The fraction of sp³-hybridized carbons (Fsp3) is 0.375. The topological polar surface area (TPSA) is 90.0 Å². The number of nitrogens with one attached hydrogen (secondary N) is 1. The summed E-state index contributed by atoms with van der Waals surface area (Å²) in [6.45, 7) is 1.56. The Morgan fingerprint density at radius 1 is 1.73 bits per heavy atom. The number of aromatic nitrogens is 2. The number of sulfonamides is 1. The summed E-state index contributed by atoms with van der Waals surface area (Å²) < 4.78 is 27.0. The van der Waals surface area contributed by atoms with Crippen LogP contribution < -0.4 is 10.5 Å². The average molecular weight is 228 g/mol. The van der Waals surface area contributed by atoms with Gasteiger partial charge in [-0.2, -0.15) is 9.82 Å². The molecule has 15 heavy (non-hydrogen) atoms. The van der Waals surface area contributed by atoms with E-state index in [2.05, 4.69) is 15.7 Å². The Bertz CT molecular complexity index is 497. The molecule has 0 fully saturated rings. The zero-order valence-electron chi connectivity index (χ0n) is 8.43. The zero-order chi connectivity index (χ0) is 11.6. The Kier molecular flexibility index (Phi) is 3.02. The Labute approximate surface area is 88.5 Å². The van der Waals surface area contributed by atoms with Crippen molar-refractivity contribution in [2.75, 3.05) is 5.73 Å². The second kappa shape index (κ2) is 3.92. The van der Waals surface area contributed by atoms with Crippen LogP contribution in [0.2, 0.25) is 0 Å². The van der Waals surface area contributed by atoms with Crippen LogP contribution in [0.4, 0.5) is 5.82 Å². The van der Waals surface area contributed by atoms with Crippen molar-refractivity contribution in [3.8, 4) is 12.3 Å². The summed E-state index contributed by atoms with van der Waals surface area (Å²) in [4.78, 5) is -0.0629. The standard InChI is InChI=1S/C8H12N4O2S/c1-4-6(2)11-15(13,14)7-5-12(3)10-8(7)9/h1,5-6,11H,2-3H3,(H2,9,10). The lowest BCUT2D eigenvalue weighted by Crippen LogP contribution is -2.31. The van der Waals surface area contributed by atoms with Crippen molar-refractivity contribution in [1.82, 2.24) is 14.5 Å². The average Bonchev–Trinajstić information content (AvgIpc) is 2.45. The molecule has 1 unspecified atom stereocenters. The molecule has 7 heteroatoms. The normalized spacial score (nSPS) is 13.4. The van der Waals surface area contributed by atoms with Crippen LogP contribution in [0.3, 0.4) is 0 Å². The monoisotopic (exact) mass is 228 g/mol. The maximum absolute atomic E-state index is 11.7. The van der Waals surface area contributed by atoms with Crippen LogP contribution in [-0.2, 0) is 17.1 Å². The first kappa shape index (κ1) is 11.6. The summed E-state index contributed by atoms with van der Waals surface area (Å²) in [5.74, 6) is 2.21. The number of nitrogen functional groups attached to an aromatic ring is 1. The number of nitrogens with two attached hydrogens (primary N) is 1. The van der Waals surface area contributed by atoms with E-state index in [9.17, 15) is 8.42 Å². The molecule has 1 heterocycles. The van der Waals surface area contributed by atoms with E-state index in [4.69, 9.17) is 12.2 Å². The predicted molar refractivity (Wildman–Crippen MR) is 56.2 cm³/mol. The van der Waals surface area contributed by atoms with E-state index >= 15 is 0 Å². The molecule has 1 aromatic rings. The lowest BCUT2D eigenvalue weighted by atomic mass is 10.4. The molecule has 0 radical (unpaired) electrons. The maximum Gasteiger partial charge on any atom is 0.246 e. The molecular formula is C8H12N4O2S. The van der Waals surface area contributed by atoms with Gasteiger partial charge >= 0.3 is 0 Å². The van der Waals surface area contributed by atoms with E-state index < -0.39 is 16.1 Å². The van der Waals surface area contributed by atoms with Gasteiger partial charge in [0.2, 0.25) is 10.0 Å². The van der Waals surface area contributed by atoms with Gasteiger partial charge in [-0.3, -0.25) is 4.68 Å². The molecule has 1 atom stereocenters. The highest BCUT2D eigenvalue weighted by molar-refractivity contribution is 7.89. The molecule has 3 N–H and O–H groups in total. The van der Waals surface area contributed by atoms with Crippen molar-refractivity contribution >= 4 is 15.8 Å². The molecule has 0 aliphatic heterocycles. The molecule has 1 rings (SSSR count). The lowest BCUT2D eigenvalue weighted by Gasteiger charge is -2.06. The van der Waals surface area contributed by atoms with Gasteiger partial charge in [-0.15, -0.1) is 6.42 Å². The molecule has 0 aliphatic rings. The van der Waals surface area contributed by atoms with E-state index in [1.807, 2.05) is 0 Å². The SMILES string of the molecule is C#CC(C)NS(=O)(=O)c1cn(C)nc1N. The van der Waals surface area contributed by atoms with Gasteiger partial charge in [0.25, 0.3) is 0 Å². The smallest absolute Gasteiger partial charge is 0.246 e. The van der Waals surface area contributed by atoms with Crippen molar-refractivity contribution in [3.63, 3.8) is 0 Å². The first-order valence-corrected chi connectivity index (χ1v) is 5.62. The minimum Gasteiger partial charge on any atom is -0.381 e. The fourth-order valence-electron chi connectivity index (χ4n) is 1.02. The number of nitrogens with zero attached hydrogens (tertiary/aromatic N) is 2. The summed E-state index contributed by atoms with van der Waals surface area (Å²) in [7, 11) is -2.10. The van der Waals surface area contributed by atoms with E-state index in [0.717, 1.165) is 0 Å². The molecule has 0 saturated heterocycles. The van der Waals surface area contributed by atoms with E-state index in [1.165, 1.54) is 10.9 Å². The van der Waals surface area contributed by atoms with Crippen molar-refractivity contribution in [2.45, 2.75) is 17.9 Å². The molecule has 0 aliphatic carbocycles. The van der Waals surface area contributed by atoms with Crippen LogP contribution in [0.5, 0.6) is 0 Å². The summed E-state index contributed by atoms with van der Waals surface area (Å²) in [6.07, 6.45) is 6.39. The third-order valence-corrected chi connectivity index (χ3v) is 3.25. The van der Waals surface area contributed by atoms with Crippen molar-refractivity contribution < 1.29 is 8.42 Å². The Morgan fingerprint density at radius 2 is 2.33 bits per heavy atom.